The second-order valence-electron chi connectivity index (χ2n) is 9.94. The van der Waals surface area contributed by atoms with E-state index in [1.54, 1.807) is 13.3 Å². The lowest BCUT2D eigenvalue weighted by Crippen LogP contribution is -2.50. The van der Waals surface area contributed by atoms with Crippen molar-refractivity contribution in [3.63, 3.8) is 0 Å². The van der Waals surface area contributed by atoms with E-state index in [1.165, 1.54) is 37.5 Å². The SMILES string of the molecule is BC(=O)N[C@@H](Cc1ccccc1)[C@H](O)CN(CC(C)C)S(=O)(=O)c1ccc(OC)c(OCP(C)(C)=O)c1. The predicted octanol–water partition coefficient (Wildman–Crippen LogP) is 2.62. The Balaban J connectivity index is 2.38. The highest BCUT2D eigenvalue weighted by molar-refractivity contribution is 7.89. The van der Waals surface area contributed by atoms with Crippen LogP contribution < -0.4 is 14.8 Å². The predicted molar refractivity (Wildman–Crippen MR) is 149 cm³/mol. The summed E-state index contributed by atoms with van der Waals surface area (Å²) in [6, 6.07) is 12.9. The smallest absolute Gasteiger partial charge is 0.243 e. The molecule has 2 rings (SSSR count). The fourth-order valence-corrected chi connectivity index (χ4v) is 5.82. The van der Waals surface area contributed by atoms with Crippen molar-refractivity contribution in [1.82, 2.24) is 9.62 Å². The van der Waals surface area contributed by atoms with E-state index < -0.39 is 29.3 Å². The molecule has 2 N–H and O–H groups in total. The normalized spacial score (nSPS) is 13.8. The lowest BCUT2D eigenvalue weighted by Gasteiger charge is -2.30. The van der Waals surface area contributed by atoms with Gasteiger partial charge in [0.15, 0.2) is 17.3 Å². The lowest BCUT2D eigenvalue weighted by molar-refractivity contribution is 0.106. The minimum atomic E-state index is -4.07. The summed E-state index contributed by atoms with van der Waals surface area (Å²) >= 11 is 0. The summed E-state index contributed by atoms with van der Waals surface area (Å²) in [5.74, 6) is 0.129. The zero-order chi connectivity index (χ0) is 27.8. The van der Waals surface area contributed by atoms with E-state index in [0.29, 0.717) is 12.2 Å². The first kappa shape index (κ1) is 30.9. The Morgan fingerprint density at radius 2 is 1.76 bits per heavy atom. The molecule has 9 nitrogen and oxygen atoms in total. The molecule has 0 radical (unpaired) electrons. The van der Waals surface area contributed by atoms with Crippen LogP contribution in [0.15, 0.2) is 53.4 Å². The van der Waals surface area contributed by atoms with E-state index in [2.05, 4.69) is 5.32 Å². The highest BCUT2D eigenvalue weighted by Gasteiger charge is 2.31. The first-order valence-corrected chi connectivity index (χ1v) is 16.3. The van der Waals surface area contributed by atoms with E-state index in [1.807, 2.05) is 44.2 Å². The van der Waals surface area contributed by atoms with Crippen LogP contribution in [0.1, 0.15) is 19.4 Å². The number of hydrogen-bond acceptors (Lipinski definition) is 7. The molecular formula is C25H38BN2O7PS. The van der Waals surface area contributed by atoms with Crippen molar-refractivity contribution in [3.05, 3.63) is 54.1 Å². The maximum absolute atomic E-state index is 13.7. The fraction of sp³-hybridized carbons (Fsp3) is 0.480. The van der Waals surface area contributed by atoms with Gasteiger partial charge < -0.3 is 24.5 Å². The Morgan fingerprint density at radius 1 is 1.11 bits per heavy atom. The van der Waals surface area contributed by atoms with Crippen LogP contribution in [0.4, 0.5) is 4.79 Å². The Morgan fingerprint density at radius 3 is 2.30 bits per heavy atom. The number of carbonyl (C=O) groups excluding carboxylic acids is 1. The number of rotatable bonds is 14. The van der Waals surface area contributed by atoms with E-state index >= 15 is 0 Å². The molecule has 1 amide bonds. The zero-order valence-corrected chi connectivity index (χ0v) is 24.1. The van der Waals surface area contributed by atoms with E-state index in [9.17, 15) is 22.9 Å². The molecule has 37 heavy (non-hydrogen) atoms. The molecule has 0 aliphatic carbocycles. The summed E-state index contributed by atoms with van der Waals surface area (Å²) in [7, 11) is -3.81. The molecule has 12 heteroatoms. The number of aliphatic hydroxyl groups excluding tert-OH is 1. The Labute approximate surface area is 221 Å². The zero-order valence-electron chi connectivity index (χ0n) is 22.4. The molecule has 0 aromatic heterocycles. The first-order chi connectivity index (χ1) is 17.2. The molecule has 0 spiro atoms. The molecule has 0 fully saturated rings. The van der Waals surface area contributed by atoms with Gasteiger partial charge in [-0.2, -0.15) is 4.31 Å². The fourth-order valence-electron chi connectivity index (χ4n) is 3.73. The minimum Gasteiger partial charge on any atom is -0.493 e. The molecule has 0 saturated carbocycles. The lowest BCUT2D eigenvalue weighted by atomic mass is 9.99. The van der Waals surface area contributed by atoms with Gasteiger partial charge in [0.1, 0.15) is 13.5 Å². The largest absolute Gasteiger partial charge is 0.493 e. The van der Waals surface area contributed by atoms with Crippen LogP contribution >= 0.6 is 7.14 Å². The highest BCUT2D eigenvalue weighted by atomic mass is 32.2. The number of methoxy groups -OCH3 is 1. The van der Waals surface area contributed by atoms with Gasteiger partial charge in [-0.1, -0.05) is 44.2 Å². The summed E-state index contributed by atoms with van der Waals surface area (Å²) in [6.45, 7) is 6.84. The number of amides is 1. The number of nitrogens with one attached hydrogen (secondary N) is 1. The molecule has 204 valence electrons. The van der Waals surface area contributed by atoms with E-state index in [4.69, 9.17) is 9.47 Å². The third-order valence-electron chi connectivity index (χ3n) is 5.41. The number of sulfonamides is 1. The third kappa shape index (κ3) is 9.81. The van der Waals surface area contributed by atoms with Crippen molar-refractivity contribution in [2.24, 2.45) is 5.92 Å². The molecule has 0 aliphatic heterocycles. The van der Waals surface area contributed by atoms with Crippen molar-refractivity contribution < 1.29 is 32.4 Å². The monoisotopic (exact) mass is 552 g/mol. The average molecular weight is 552 g/mol. The van der Waals surface area contributed by atoms with Crippen molar-refractivity contribution in [3.8, 4) is 11.5 Å². The molecule has 2 atom stereocenters. The first-order valence-electron chi connectivity index (χ1n) is 12.1. The minimum absolute atomic E-state index is 0.0321. The maximum Gasteiger partial charge on any atom is 0.243 e. The Hall–Kier alpha value is -2.33. The molecule has 0 saturated heterocycles. The molecule has 2 aromatic rings. The molecule has 2 aromatic carbocycles. The van der Waals surface area contributed by atoms with Crippen LogP contribution in [0.3, 0.4) is 0 Å². The van der Waals surface area contributed by atoms with Crippen molar-refractivity contribution in [2.45, 2.75) is 37.3 Å². The van der Waals surface area contributed by atoms with Crippen LogP contribution in [0.25, 0.3) is 0 Å². The van der Waals surface area contributed by atoms with Crippen LogP contribution in [-0.2, 0) is 21.0 Å². The molecule has 0 aliphatic rings. The van der Waals surface area contributed by atoms with E-state index in [-0.39, 0.29) is 41.8 Å². The molecule has 0 unspecified atom stereocenters. The molecular weight excluding hydrogens is 514 g/mol. The summed E-state index contributed by atoms with van der Waals surface area (Å²) in [6.07, 6.45) is -0.900. The highest BCUT2D eigenvalue weighted by Crippen LogP contribution is 2.39. The Kier molecular flexibility index (Phi) is 11.2. The van der Waals surface area contributed by atoms with Gasteiger partial charge in [-0.25, -0.2) is 8.42 Å². The van der Waals surface area contributed by atoms with Gasteiger partial charge in [-0.05, 0) is 43.4 Å². The number of benzene rings is 2. The second kappa shape index (κ2) is 13.5. The number of nitrogens with zero attached hydrogens (tertiary/aromatic N) is 1. The number of ether oxygens (including phenoxy) is 2. The standard InChI is InChI=1S/C25H38BN2O7PS/c1-18(2)15-28(16-22(29)21(27-25(26)30)13-19-9-7-6-8-10-19)37(32,33)20-11-12-23(34-3)24(14-20)35-17-36(4,5)31/h6-12,14,18,21-22,29H,13,15-17,26H2,1-5H3,(H,27,30)/t21-,22+/m0/s1. The van der Waals surface area contributed by atoms with Crippen LogP contribution in [0.2, 0.25) is 0 Å². The van der Waals surface area contributed by atoms with Crippen molar-refractivity contribution >= 4 is 30.8 Å². The molecule has 0 heterocycles. The summed E-state index contributed by atoms with van der Waals surface area (Å²) < 4.78 is 51.8. The van der Waals surface area contributed by atoms with Gasteiger partial charge in [-0.3, -0.25) is 4.79 Å². The van der Waals surface area contributed by atoms with Crippen LogP contribution in [-0.4, -0.2) is 83.5 Å². The summed E-state index contributed by atoms with van der Waals surface area (Å²) in [5, 5.41) is 13.9. The van der Waals surface area contributed by atoms with Gasteiger partial charge in [0.25, 0.3) is 0 Å². The van der Waals surface area contributed by atoms with Gasteiger partial charge in [0, 0.05) is 19.2 Å². The molecule has 0 bridgehead atoms. The van der Waals surface area contributed by atoms with Gasteiger partial charge >= 0.3 is 0 Å². The number of hydrogen-bond donors (Lipinski definition) is 2. The van der Waals surface area contributed by atoms with Gasteiger partial charge in [0.2, 0.25) is 17.9 Å². The van der Waals surface area contributed by atoms with Crippen molar-refractivity contribution in [1.29, 1.82) is 0 Å². The topological polar surface area (TPSA) is 122 Å². The van der Waals surface area contributed by atoms with Crippen LogP contribution in [0, 0.1) is 5.92 Å². The van der Waals surface area contributed by atoms with Gasteiger partial charge in [-0.15, -0.1) is 0 Å². The Bertz CT molecular complexity index is 1190. The van der Waals surface area contributed by atoms with Crippen molar-refractivity contribution in [2.75, 3.05) is 39.9 Å². The summed E-state index contributed by atoms with van der Waals surface area (Å²) in [4.78, 5) is 11.8. The van der Waals surface area contributed by atoms with E-state index in [0.717, 1.165) is 5.56 Å². The average Bonchev–Trinajstić information content (AvgIpc) is 2.81. The number of aliphatic hydroxyl groups is 1. The third-order valence-corrected chi connectivity index (χ3v) is 7.99. The number of carbonyl (C=O) groups is 1. The van der Waals surface area contributed by atoms with Gasteiger partial charge in [0.05, 0.1) is 24.2 Å². The maximum atomic E-state index is 13.7. The second-order valence-corrected chi connectivity index (χ2v) is 15.3. The quantitative estimate of drug-likeness (QED) is 0.273. The summed E-state index contributed by atoms with van der Waals surface area (Å²) in [5.41, 5.74) is 0.902. The van der Waals surface area contributed by atoms with Crippen LogP contribution in [0.5, 0.6) is 11.5 Å².